The van der Waals surface area contributed by atoms with Crippen molar-refractivity contribution in [3.05, 3.63) is 42.5 Å². The maximum absolute atomic E-state index is 9.83. The van der Waals surface area contributed by atoms with Crippen LogP contribution in [0.25, 0.3) is 22.8 Å². The molecule has 0 bridgehead atoms. The highest BCUT2D eigenvalue weighted by molar-refractivity contribution is 5.70. The van der Waals surface area contributed by atoms with Crippen LogP contribution >= 0.6 is 0 Å². The third-order valence-electron chi connectivity index (χ3n) is 2.87. The summed E-state index contributed by atoms with van der Waals surface area (Å²) in [5.41, 5.74) is 7.37. The first kappa shape index (κ1) is 12.0. The highest BCUT2D eigenvalue weighted by atomic mass is 16.3. The molecule has 0 aliphatic carbocycles. The average molecular weight is 268 g/mol. The number of rotatable bonds is 2. The van der Waals surface area contributed by atoms with E-state index in [2.05, 4.69) is 15.2 Å². The van der Waals surface area contributed by atoms with E-state index in [4.69, 9.17) is 5.73 Å². The minimum Gasteiger partial charge on any atom is -0.508 e. The molecule has 0 amide bonds. The first-order valence-corrected chi connectivity index (χ1v) is 5.94. The second-order valence-electron chi connectivity index (χ2n) is 4.33. The van der Waals surface area contributed by atoms with Crippen molar-refractivity contribution in [2.24, 2.45) is 0 Å². The number of H-pyrrole nitrogens is 1. The highest BCUT2D eigenvalue weighted by Gasteiger charge is 2.11. The van der Waals surface area contributed by atoms with Gasteiger partial charge in [-0.25, -0.2) is 4.98 Å². The van der Waals surface area contributed by atoms with Crippen molar-refractivity contribution < 1.29 is 10.2 Å². The molecule has 1 heterocycles. The van der Waals surface area contributed by atoms with Crippen LogP contribution in [-0.2, 0) is 0 Å². The number of nitrogen functional groups attached to an aromatic ring is 1. The summed E-state index contributed by atoms with van der Waals surface area (Å²) in [4.78, 5) is 4.30. The number of anilines is 1. The fourth-order valence-electron chi connectivity index (χ4n) is 1.90. The van der Waals surface area contributed by atoms with Crippen molar-refractivity contribution >= 4 is 5.69 Å². The molecule has 0 saturated carbocycles. The predicted octanol–water partition coefficient (Wildman–Crippen LogP) is 2.13. The number of nitrogens with two attached hydrogens (primary N) is 1. The fourth-order valence-corrected chi connectivity index (χ4v) is 1.90. The summed E-state index contributed by atoms with van der Waals surface area (Å²) in [7, 11) is 0. The third kappa shape index (κ3) is 2.14. The Morgan fingerprint density at radius 1 is 1.05 bits per heavy atom. The lowest BCUT2D eigenvalue weighted by Crippen LogP contribution is -1.87. The minimum atomic E-state index is 0.0674. The van der Waals surface area contributed by atoms with E-state index in [1.54, 1.807) is 36.4 Å². The molecule has 6 heteroatoms. The normalized spacial score (nSPS) is 10.6. The first-order chi connectivity index (χ1) is 9.63. The van der Waals surface area contributed by atoms with Gasteiger partial charge in [0.2, 0.25) is 0 Å². The Morgan fingerprint density at radius 3 is 2.70 bits per heavy atom. The number of phenols is 2. The largest absolute Gasteiger partial charge is 0.508 e. The molecule has 0 aliphatic heterocycles. The van der Waals surface area contributed by atoms with Gasteiger partial charge in [-0.2, -0.15) is 5.10 Å². The van der Waals surface area contributed by atoms with Crippen LogP contribution in [0.2, 0.25) is 0 Å². The van der Waals surface area contributed by atoms with Crippen molar-refractivity contribution in [3.8, 4) is 34.3 Å². The maximum atomic E-state index is 9.83. The lowest BCUT2D eigenvalue weighted by Gasteiger charge is -2.01. The van der Waals surface area contributed by atoms with E-state index in [0.29, 0.717) is 28.5 Å². The van der Waals surface area contributed by atoms with E-state index >= 15 is 0 Å². The molecule has 5 N–H and O–H groups in total. The van der Waals surface area contributed by atoms with Gasteiger partial charge in [0.1, 0.15) is 11.5 Å². The molecule has 3 rings (SSSR count). The number of hydrogen-bond acceptors (Lipinski definition) is 5. The molecule has 1 aromatic heterocycles. The molecule has 0 saturated heterocycles. The zero-order chi connectivity index (χ0) is 14.1. The number of nitrogens with one attached hydrogen (secondary N) is 1. The molecular formula is C14H12N4O2. The lowest BCUT2D eigenvalue weighted by atomic mass is 10.1. The molecular weight excluding hydrogens is 256 g/mol. The molecule has 2 aromatic carbocycles. The van der Waals surface area contributed by atoms with E-state index in [1.165, 1.54) is 6.07 Å². The van der Waals surface area contributed by atoms with Gasteiger partial charge < -0.3 is 15.9 Å². The van der Waals surface area contributed by atoms with Gasteiger partial charge in [-0.15, -0.1) is 0 Å². The zero-order valence-electron chi connectivity index (χ0n) is 10.4. The Hall–Kier alpha value is -3.02. The Balaban J connectivity index is 2.04. The van der Waals surface area contributed by atoms with Gasteiger partial charge in [0.15, 0.2) is 11.6 Å². The van der Waals surface area contributed by atoms with E-state index in [9.17, 15) is 10.2 Å². The molecule has 0 atom stereocenters. The summed E-state index contributed by atoms with van der Waals surface area (Å²) in [5, 5.41) is 26.1. The van der Waals surface area contributed by atoms with E-state index in [-0.39, 0.29) is 11.5 Å². The first-order valence-electron chi connectivity index (χ1n) is 5.94. The Morgan fingerprint density at radius 2 is 1.90 bits per heavy atom. The van der Waals surface area contributed by atoms with Crippen molar-refractivity contribution in [2.45, 2.75) is 0 Å². The SMILES string of the molecule is Nc1ccc(O)c(-c2nc(-c3cccc(O)c3)n[nH]2)c1. The monoisotopic (exact) mass is 268 g/mol. The molecule has 6 nitrogen and oxygen atoms in total. The molecule has 0 radical (unpaired) electrons. The van der Waals surface area contributed by atoms with E-state index < -0.39 is 0 Å². The number of benzene rings is 2. The van der Waals surface area contributed by atoms with Gasteiger partial charge in [0.05, 0.1) is 5.56 Å². The summed E-state index contributed by atoms with van der Waals surface area (Å²) in [6, 6.07) is 11.3. The molecule has 0 fully saturated rings. The summed E-state index contributed by atoms with van der Waals surface area (Å²) >= 11 is 0. The maximum Gasteiger partial charge on any atom is 0.181 e. The van der Waals surface area contributed by atoms with Crippen molar-refractivity contribution in [3.63, 3.8) is 0 Å². The minimum absolute atomic E-state index is 0.0674. The van der Waals surface area contributed by atoms with Crippen LogP contribution in [0.15, 0.2) is 42.5 Å². The average Bonchev–Trinajstić information content (AvgIpc) is 2.91. The summed E-state index contributed by atoms with van der Waals surface area (Å²) < 4.78 is 0. The number of aromatic nitrogens is 3. The molecule has 0 aliphatic rings. The van der Waals surface area contributed by atoms with E-state index in [0.717, 1.165) is 0 Å². The fraction of sp³-hybridized carbons (Fsp3) is 0. The van der Waals surface area contributed by atoms with Crippen LogP contribution in [0, 0.1) is 0 Å². The number of phenolic OH excluding ortho intramolecular Hbond substituents is 2. The second kappa shape index (κ2) is 4.58. The molecule has 100 valence electrons. The molecule has 20 heavy (non-hydrogen) atoms. The molecule has 0 spiro atoms. The van der Waals surface area contributed by atoms with Gasteiger partial charge >= 0.3 is 0 Å². The third-order valence-corrected chi connectivity index (χ3v) is 2.87. The van der Waals surface area contributed by atoms with Crippen LogP contribution in [0.3, 0.4) is 0 Å². The molecule has 0 unspecified atom stereocenters. The van der Waals surface area contributed by atoms with Gasteiger partial charge in [0.25, 0.3) is 0 Å². The topological polar surface area (TPSA) is 108 Å². The Bertz CT molecular complexity index is 767. The summed E-state index contributed by atoms with van der Waals surface area (Å²) in [6.45, 7) is 0. The van der Waals surface area contributed by atoms with Crippen LogP contribution in [0.4, 0.5) is 5.69 Å². The highest BCUT2D eigenvalue weighted by Crippen LogP contribution is 2.29. The van der Waals surface area contributed by atoms with Crippen LogP contribution in [0.1, 0.15) is 0 Å². The van der Waals surface area contributed by atoms with Gasteiger partial charge in [-0.05, 0) is 30.3 Å². The van der Waals surface area contributed by atoms with Crippen molar-refractivity contribution in [1.82, 2.24) is 15.2 Å². The van der Waals surface area contributed by atoms with Crippen molar-refractivity contribution in [1.29, 1.82) is 0 Å². The lowest BCUT2D eigenvalue weighted by molar-refractivity contribution is 0.475. The quantitative estimate of drug-likeness (QED) is 0.420. The summed E-state index contributed by atoms with van der Waals surface area (Å²) in [5.74, 6) is 1.05. The van der Waals surface area contributed by atoms with Crippen LogP contribution in [0.5, 0.6) is 11.5 Å². The van der Waals surface area contributed by atoms with Gasteiger partial charge in [-0.1, -0.05) is 12.1 Å². The van der Waals surface area contributed by atoms with Crippen LogP contribution < -0.4 is 5.73 Å². The number of aromatic amines is 1. The Kier molecular flexibility index (Phi) is 2.76. The number of nitrogens with zero attached hydrogens (tertiary/aromatic N) is 2. The number of aromatic hydroxyl groups is 2. The molecule has 3 aromatic rings. The van der Waals surface area contributed by atoms with Crippen molar-refractivity contribution in [2.75, 3.05) is 5.73 Å². The predicted molar refractivity (Wildman–Crippen MR) is 75.0 cm³/mol. The standard InChI is InChI=1S/C14H12N4O2/c15-9-4-5-12(20)11(7-9)14-16-13(17-18-14)8-2-1-3-10(19)6-8/h1-7,19-20H,15H2,(H,16,17,18). The summed E-state index contributed by atoms with van der Waals surface area (Å²) in [6.07, 6.45) is 0. The number of hydrogen-bond donors (Lipinski definition) is 4. The zero-order valence-corrected chi connectivity index (χ0v) is 10.4. The van der Waals surface area contributed by atoms with Gasteiger partial charge in [-0.3, -0.25) is 5.10 Å². The van der Waals surface area contributed by atoms with Gasteiger partial charge in [0, 0.05) is 11.3 Å². The van der Waals surface area contributed by atoms with E-state index in [1.807, 2.05) is 0 Å². The smallest absolute Gasteiger partial charge is 0.181 e. The van der Waals surface area contributed by atoms with Crippen LogP contribution in [-0.4, -0.2) is 25.4 Å². The Labute approximate surface area is 114 Å². The second-order valence-corrected chi connectivity index (χ2v) is 4.33.